The summed E-state index contributed by atoms with van der Waals surface area (Å²) in [6.07, 6.45) is 2.24. The fourth-order valence-corrected chi connectivity index (χ4v) is 5.28. The normalized spacial score (nSPS) is 18.0. The predicted octanol–water partition coefficient (Wildman–Crippen LogP) is 3.62. The van der Waals surface area contributed by atoms with E-state index in [1.807, 2.05) is 6.92 Å². The van der Waals surface area contributed by atoms with Crippen LogP contribution in [-0.2, 0) is 25.8 Å². The number of carbonyl (C=O) groups excluding carboxylic acids is 2. The van der Waals surface area contributed by atoms with Crippen LogP contribution >= 0.6 is 0 Å². The number of sulfone groups is 1. The van der Waals surface area contributed by atoms with Gasteiger partial charge in [-0.25, -0.2) is 12.8 Å². The highest BCUT2D eigenvalue weighted by atomic mass is 32.2. The lowest BCUT2D eigenvalue weighted by molar-refractivity contribution is -0.120. The van der Waals surface area contributed by atoms with E-state index in [0.29, 0.717) is 17.7 Å². The molecule has 0 aromatic heterocycles. The van der Waals surface area contributed by atoms with E-state index in [1.54, 1.807) is 24.0 Å². The molecule has 2 aliphatic rings. The monoisotopic (exact) mass is 444 g/mol. The minimum atomic E-state index is -3.67. The molecule has 2 amide bonds. The molecule has 4 rings (SSSR count). The Balaban J connectivity index is 1.44. The SMILES string of the molecule is Cc1cc(F)ccc1NC(=O)CCS(=O)(=O)c1ccc2c(c1)C[C@@H](C)N2C(=O)C1CC1. The smallest absolute Gasteiger partial charge is 0.230 e. The van der Waals surface area contributed by atoms with Crippen molar-refractivity contribution in [3.8, 4) is 0 Å². The number of benzene rings is 2. The van der Waals surface area contributed by atoms with Crippen molar-refractivity contribution < 1.29 is 22.4 Å². The Morgan fingerprint density at radius 1 is 1.16 bits per heavy atom. The number of hydrogen-bond donors (Lipinski definition) is 1. The lowest BCUT2D eigenvalue weighted by atomic mass is 10.1. The van der Waals surface area contributed by atoms with Crippen LogP contribution < -0.4 is 10.2 Å². The molecule has 31 heavy (non-hydrogen) atoms. The van der Waals surface area contributed by atoms with Gasteiger partial charge in [-0.2, -0.15) is 0 Å². The molecule has 0 spiro atoms. The average molecular weight is 445 g/mol. The van der Waals surface area contributed by atoms with Gasteiger partial charge in [-0.05, 0) is 80.6 Å². The van der Waals surface area contributed by atoms with E-state index >= 15 is 0 Å². The maximum Gasteiger partial charge on any atom is 0.230 e. The molecule has 0 bridgehead atoms. The van der Waals surface area contributed by atoms with Crippen LogP contribution in [0.5, 0.6) is 0 Å². The first-order valence-corrected chi connectivity index (χ1v) is 12.1. The topological polar surface area (TPSA) is 83.6 Å². The number of nitrogens with one attached hydrogen (secondary N) is 1. The van der Waals surface area contributed by atoms with Gasteiger partial charge in [-0.15, -0.1) is 0 Å². The summed E-state index contributed by atoms with van der Waals surface area (Å²) in [6, 6.07) is 8.84. The van der Waals surface area contributed by atoms with Gasteiger partial charge in [0.1, 0.15) is 5.82 Å². The Morgan fingerprint density at radius 3 is 2.58 bits per heavy atom. The maximum atomic E-state index is 13.2. The fraction of sp³-hybridized carbons (Fsp3) is 0.391. The van der Waals surface area contributed by atoms with Crippen molar-refractivity contribution in [2.75, 3.05) is 16.0 Å². The molecule has 6 nitrogen and oxygen atoms in total. The second-order valence-corrected chi connectivity index (χ2v) is 10.5. The van der Waals surface area contributed by atoms with Gasteiger partial charge in [0.05, 0.1) is 10.6 Å². The Kier molecular flexibility index (Phi) is 5.60. The lowest BCUT2D eigenvalue weighted by Crippen LogP contribution is -2.36. The molecule has 2 aromatic rings. The van der Waals surface area contributed by atoms with E-state index < -0.39 is 21.6 Å². The Morgan fingerprint density at radius 2 is 1.90 bits per heavy atom. The highest BCUT2D eigenvalue weighted by molar-refractivity contribution is 7.91. The first kappa shape index (κ1) is 21.5. The van der Waals surface area contributed by atoms with Crippen LogP contribution in [0.1, 0.15) is 37.3 Å². The highest BCUT2D eigenvalue weighted by Crippen LogP contribution is 2.39. The zero-order valence-corrected chi connectivity index (χ0v) is 18.3. The molecule has 1 aliphatic heterocycles. The third kappa shape index (κ3) is 4.49. The van der Waals surface area contributed by atoms with E-state index in [0.717, 1.165) is 24.1 Å². The highest BCUT2D eigenvalue weighted by Gasteiger charge is 2.39. The zero-order valence-electron chi connectivity index (χ0n) is 17.5. The van der Waals surface area contributed by atoms with Crippen molar-refractivity contribution in [1.29, 1.82) is 0 Å². The van der Waals surface area contributed by atoms with Crippen molar-refractivity contribution in [3.63, 3.8) is 0 Å². The average Bonchev–Trinajstić information content (AvgIpc) is 3.50. The van der Waals surface area contributed by atoms with Crippen LogP contribution in [0, 0.1) is 18.7 Å². The number of hydrogen-bond acceptors (Lipinski definition) is 4. The maximum absolute atomic E-state index is 13.2. The van der Waals surface area contributed by atoms with Crippen LogP contribution in [-0.4, -0.2) is 32.0 Å². The number of aryl methyl sites for hydroxylation is 1. The van der Waals surface area contributed by atoms with E-state index in [9.17, 15) is 22.4 Å². The van der Waals surface area contributed by atoms with E-state index in [-0.39, 0.29) is 34.9 Å². The Bertz CT molecular complexity index is 1160. The molecule has 2 aromatic carbocycles. The van der Waals surface area contributed by atoms with Gasteiger partial charge in [0.25, 0.3) is 0 Å². The van der Waals surface area contributed by atoms with Gasteiger partial charge < -0.3 is 10.2 Å². The van der Waals surface area contributed by atoms with E-state index in [1.165, 1.54) is 24.3 Å². The molecule has 1 atom stereocenters. The summed E-state index contributed by atoms with van der Waals surface area (Å²) >= 11 is 0. The van der Waals surface area contributed by atoms with Gasteiger partial charge in [-0.3, -0.25) is 9.59 Å². The summed E-state index contributed by atoms with van der Waals surface area (Å²) in [5.41, 5.74) is 2.65. The molecule has 0 saturated heterocycles. The van der Waals surface area contributed by atoms with Crippen molar-refractivity contribution in [3.05, 3.63) is 53.3 Å². The molecule has 1 fully saturated rings. The van der Waals surface area contributed by atoms with Crippen molar-refractivity contribution in [2.45, 2.75) is 50.5 Å². The number of rotatable bonds is 6. The van der Waals surface area contributed by atoms with Gasteiger partial charge in [0, 0.05) is 29.8 Å². The Hall–Kier alpha value is -2.74. The second kappa shape index (κ2) is 8.07. The minimum Gasteiger partial charge on any atom is -0.326 e. The van der Waals surface area contributed by atoms with Crippen molar-refractivity contribution >= 4 is 33.0 Å². The molecule has 1 aliphatic carbocycles. The second-order valence-electron chi connectivity index (χ2n) is 8.40. The molecule has 1 heterocycles. The number of nitrogens with zero attached hydrogens (tertiary/aromatic N) is 1. The number of halogens is 1. The molecular weight excluding hydrogens is 419 g/mol. The lowest BCUT2D eigenvalue weighted by Gasteiger charge is -2.22. The van der Waals surface area contributed by atoms with E-state index in [2.05, 4.69) is 5.32 Å². The molecular formula is C23H25FN2O4S. The molecule has 0 radical (unpaired) electrons. The molecule has 0 unspecified atom stereocenters. The standard InChI is InChI=1S/C23H25FN2O4S/c1-14-11-18(24)5-7-20(14)25-22(27)9-10-31(29,30)19-6-8-21-17(13-19)12-15(2)26(21)23(28)16-3-4-16/h5-8,11,13,15-16H,3-4,9-10,12H2,1-2H3,(H,25,27)/t15-/m1/s1. The quantitative estimate of drug-likeness (QED) is 0.738. The van der Waals surface area contributed by atoms with E-state index in [4.69, 9.17) is 0 Å². The minimum absolute atomic E-state index is 0.00535. The summed E-state index contributed by atoms with van der Waals surface area (Å²) in [5.74, 6) is -0.969. The van der Waals surface area contributed by atoms with Crippen LogP contribution in [0.3, 0.4) is 0 Å². The molecule has 1 saturated carbocycles. The number of fused-ring (bicyclic) bond motifs is 1. The van der Waals surface area contributed by atoms with Gasteiger partial charge in [-0.1, -0.05) is 0 Å². The third-order valence-corrected chi connectivity index (χ3v) is 7.56. The first-order valence-electron chi connectivity index (χ1n) is 10.4. The molecule has 1 N–H and O–H groups in total. The summed E-state index contributed by atoms with van der Waals surface area (Å²) in [5, 5.41) is 2.63. The predicted molar refractivity (Wildman–Crippen MR) is 116 cm³/mol. The molecule has 8 heteroatoms. The number of carbonyl (C=O) groups is 2. The first-order chi connectivity index (χ1) is 14.7. The van der Waals surface area contributed by atoms with Crippen LogP contribution in [0.25, 0.3) is 0 Å². The van der Waals surface area contributed by atoms with Gasteiger partial charge in [0.2, 0.25) is 11.8 Å². The van der Waals surface area contributed by atoms with Gasteiger partial charge in [0.15, 0.2) is 9.84 Å². The van der Waals surface area contributed by atoms with Crippen LogP contribution in [0.4, 0.5) is 15.8 Å². The third-order valence-electron chi connectivity index (χ3n) is 5.85. The summed E-state index contributed by atoms with van der Waals surface area (Å²) in [4.78, 5) is 26.8. The molecule has 164 valence electrons. The van der Waals surface area contributed by atoms with Gasteiger partial charge >= 0.3 is 0 Å². The largest absolute Gasteiger partial charge is 0.326 e. The summed E-state index contributed by atoms with van der Waals surface area (Å²) in [7, 11) is -3.67. The van der Waals surface area contributed by atoms with Crippen molar-refractivity contribution in [2.24, 2.45) is 5.92 Å². The van der Waals surface area contributed by atoms with Crippen molar-refractivity contribution in [1.82, 2.24) is 0 Å². The summed E-state index contributed by atoms with van der Waals surface area (Å²) in [6.45, 7) is 3.63. The fourth-order valence-electron chi connectivity index (χ4n) is 3.99. The Labute approximate surface area is 181 Å². The van der Waals surface area contributed by atoms with Crippen LogP contribution in [0.2, 0.25) is 0 Å². The van der Waals surface area contributed by atoms with Crippen LogP contribution in [0.15, 0.2) is 41.3 Å². The summed E-state index contributed by atoms with van der Waals surface area (Å²) < 4.78 is 38.8. The number of anilines is 2. The zero-order chi connectivity index (χ0) is 22.3. The number of amides is 2.